The monoisotopic (exact) mass is 362 g/mol. The van der Waals surface area contributed by atoms with Gasteiger partial charge in [0.25, 0.3) is 15.9 Å². The van der Waals surface area contributed by atoms with E-state index in [0.29, 0.717) is 17.0 Å². The number of carbonyl (C=O) groups excluding carboxylic acids is 1. The Morgan fingerprint density at radius 1 is 1.17 bits per heavy atom. The van der Waals surface area contributed by atoms with E-state index < -0.39 is 10.0 Å². The standard InChI is InChI=1S/C17H18N2O3S2/c1-3-12-23-16-7-5-4-6-15(16)19-24(21,22)14-10-8-13(9-11-14)17(20)18-2/h3-11,19H,1,12H2,2H3,(H,18,20). The number of benzene rings is 2. The third-order valence-corrected chi connectivity index (χ3v) is 5.59. The van der Waals surface area contributed by atoms with Crippen molar-refractivity contribution in [2.45, 2.75) is 9.79 Å². The zero-order valence-corrected chi connectivity index (χ0v) is 14.8. The third kappa shape index (κ3) is 4.39. The van der Waals surface area contributed by atoms with Gasteiger partial charge in [-0.1, -0.05) is 18.2 Å². The molecule has 0 aromatic heterocycles. The molecule has 0 fully saturated rings. The number of sulfonamides is 1. The molecule has 1 amide bonds. The van der Waals surface area contributed by atoms with Gasteiger partial charge in [0.05, 0.1) is 10.6 Å². The van der Waals surface area contributed by atoms with Gasteiger partial charge in [0.15, 0.2) is 0 Å². The minimum atomic E-state index is -3.73. The highest BCUT2D eigenvalue weighted by molar-refractivity contribution is 7.99. The molecule has 2 aromatic rings. The molecule has 0 unspecified atom stereocenters. The molecule has 2 N–H and O–H groups in total. The van der Waals surface area contributed by atoms with Crippen LogP contribution in [0.15, 0.2) is 71.0 Å². The summed E-state index contributed by atoms with van der Waals surface area (Å²) in [6.45, 7) is 3.66. The number of thioether (sulfide) groups is 1. The van der Waals surface area contributed by atoms with E-state index in [9.17, 15) is 13.2 Å². The van der Waals surface area contributed by atoms with Crippen LogP contribution in [-0.4, -0.2) is 27.1 Å². The highest BCUT2D eigenvalue weighted by Gasteiger charge is 2.16. The van der Waals surface area contributed by atoms with E-state index in [1.165, 1.54) is 43.1 Å². The van der Waals surface area contributed by atoms with Crippen LogP contribution >= 0.6 is 11.8 Å². The smallest absolute Gasteiger partial charge is 0.261 e. The Kier molecular flexibility index (Phi) is 6.05. The van der Waals surface area contributed by atoms with Crippen molar-refractivity contribution in [1.29, 1.82) is 0 Å². The second kappa shape index (κ2) is 8.03. The summed E-state index contributed by atoms with van der Waals surface area (Å²) < 4.78 is 27.7. The number of hydrogen-bond donors (Lipinski definition) is 2. The Morgan fingerprint density at radius 3 is 2.46 bits per heavy atom. The number of hydrogen-bond acceptors (Lipinski definition) is 4. The Balaban J connectivity index is 2.25. The van der Waals surface area contributed by atoms with Crippen LogP contribution in [0.2, 0.25) is 0 Å². The number of carbonyl (C=O) groups is 1. The molecule has 0 atom stereocenters. The Hall–Kier alpha value is -2.25. The molecule has 0 aliphatic heterocycles. The molecule has 7 heteroatoms. The first kappa shape index (κ1) is 18.1. The molecule has 0 radical (unpaired) electrons. The normalized spacial score (nSPS) is 10.9. The van der Waals surface area contributed by atoms with E-state index >= 15 is 0 Å². The molecule has 0 aliphatic carbocycles. The summed E-state index contributed by atoms with van der Waals surface area (Å²) in [5.74, 6) is 0.414. The quantitative estimate of drug-likeness (QED) is 0.586. The molecule has 24 heavy (non-hydrogen) atoms. The first-order valence-corrected chi connectivity index (χ1v) is 9.62. The highest BCUT2D eigenvalue weighted by Crippen LogP contribution is 2.28. The molecule has 0 spiro atoms. The number of anilines is 1. The molecule has 0 saturated heterocycles. The average Bonchev–Trinajstić information content (AvgIpc) is 2.60. The van der Waals surface area contributed by atoms with Crippen LogP contribution < -0.4 is 10.0 Å². The fourth-order valence-corrected chi connectivity index (χ4v) is 3.85. The van der Waals surface area contributed by atoms with Crippen molar-refractivity contribution >= 4 is 33.4 Å². The van der Waals surface area contributed by atoms with Crippen molar-refractivity contribution in [1.82, 2.24) is 5.32 Å². The second-order valence-electron chi connectivity index (χ2n) is 4.80. The van der Waals surface area contributed by atoms with Crippen LogP contribution in [0.5, 0.6) is 0 Å². The van der Waals surface area contributed by atoms with Crippen molar-refractivity contribution in [3.63, 3.8) is 0 Å². The van der Waals surface area contributed by atoms with Crippen molar-refractivity contribution in [2.24, 2.45) is 0 Å². The van der Waals surface area contributed by atoms with Crippen LogP contribution in [0.1, 0.15) is 10.4 Å². The molecule has 126 valence electrons. The van der Waals surface area contributed by atoms with Gasteiger partial charge in [0, 0.05) is 23.3 Å². The summed E-state index contributed by atoms with van der Waals surface area (Å²) in [6.07, 6.45) is 1.76. The van der Waals surface area contributed by atoms with Gasteiger partial charge in [-0.15, -0.1) is 18.3 Å². The molecular formula is C17H18N2O3S2. The van der Waals surface area contributed by atoms with E-state index in [0.717, 1.165) is 4.90 Å². The first-order chi connectivity index (χ1) is 11.5. The van der Waals surface area contributed by atoms with Gasteiger partial charge in [-0.05, 0) is 36.4 Å². The van der Waals surface area contributed by atoms with E-state index in [4.69, 9.17) is 0 Å². The van der Waals surface area contributed by atoms with Gasteiger partial charge < -0.3 is 5.32 Å². The van der Waals surface area contributed by atoms with Gasteiger partial charge in [0.2, 0.25) is 0 Å². The van der Waals surface area contributed by atoms with Gasteiger partial charge in [0.1, 0.15) is 0 Å². The predicted molar refractivity (Wildman–Crippen MR) is 98.0 cm³/mol. The fraction of sp³-hybridized carbons (Fsp3) is 0.118. The Labute approximate surface area is 146 Å². The van der Waals surface area contributed by atoms with E-state index in [-0.39, 0.29) is 10.8 Å². The average molecular weight is 362 g/mol. The van der Waals surface area contributed by atoms with Crippen molar-refractivity contribution in [3.8, 4) is 0 Å². The van der Waals surface area contributed by atoms with Crippen LogP contribution in [0, 0.1) is 0 Å². The summed E-state index contributed by atoms with van der Waals surface area (Å²) in [5, 5.41) is 2.49. The maximum absolute atomic E-state index is 12.5. The summed E-state index contributed by atoms with van der Waals surface area (Å²) in [7, 11) is -2.21. The van der Waals surface area contributed by atoms with Crippen molar-refractivity contribution < 1.29 is 13.2 Å². The lowest BCUT2D eigenvalue weighted by Gasteiger charge is -2.12. The summed E-state index contributed by atoms with van der Waals surface area (Å²) in [5.41, 5.74) is 0.915. The van der Waals surface area contributed by atoms with E-state index in [1.54, 1.807) is 18.2 Å². The van der Waals surface area contributed by atoms with E-state index in [1.807, 2.05) is 12.1 Å². The number of amides is 1. The van der Waals surface area contributed by atoms with Crippen LogP contribution in [0.25, 0.3) is 0 Å². The maximum atomic E-state index is 12.5. The van der Waals surface area contributed by atoms with Crippen molar-refractivity contribution in [3.05, 3.63) is 66.7 Å². The summed E-state index contributed by atoms with van der Waals surface area (Å²) in [4.78, 5) is 12.4. The number of rotatable bonds is 7. The summed E-state index contributed by atoms with van der Waals surface area (Å²) in [6, 6.07) is 12.9. The minimum absolute atomic E-state index is 0.0960. The van der Waals surface area contributed by atoms with Gasteiger partial charge in [-0.3, -0.25) is 9.52 Å². The van der Waals surface area contributed by atoms with Crippen LogP contribution in [0.3, 0.4) is 0 Å². The molecule has 0 aliphatic rings. The van der Waals surface area contributed by atoms with E-state index in [2.05, 4.69) is 16.6 Å². The molecular weight excluding hydrogens is 344 g/mol. The zero-order valence-electron chi connectivity index (χ0n) is 13.2. The second-order valence-corrected chi connectivity index (χ2v) is 7.55. The fourth-order valence-electron chi connectivity index (χ4n) is 1.96. The SMILES string of the molecule is C=CCSc1ccccc1NS(=O)(=O)c1ccc(C(=O)NC)cc1. The minimum Gasteiger partial charge on any atom is -0.355 e. The Bertz CT molecular complexity index is 831. The number of nitrogens with one attached hydrogen (secondary N) is 2. The number of para-hydroxylation sites is 1. The van der Waals surface area contributed by atoms with Gasteiger partial charge >= 0.3 is 0 Å². The van der Waals surface area contributed by atoms with Crippen LogP contribution in [0.4, 0.5) is 5.69 Å². The third-order valence-electron chi connectivity index (χ3n) is 3.14. The highest BCUT2D eigenvalue weighted by atomic mass is 32.2. The lowest BCUT2D eigenvalue weighted by Crippen LogP contribution is -2.18. The van der Waals surface area contributed by atoms with Gasteiger partial charge in [-0.2, -0.15) is 0 Å². The lowest BCUT2D eigenvalue weighted by atomic mass is 10.2. The molecule has 0 heterocycles. The predicted octanol–water partition coefficient (Wildman–Crippen LogP) is 3.13. The van der Waals surface area contributed by atoms with Crippen molar-refractivity contribution in [2.75, 3.05) is 17.5 Å². The lowest BCUT2D eigenvalue weighted by molar-refractivity contribution is 0.0963. The van der Waals surface area contributed by atoms with Crippen LogP contribution in [-0.2, 0) is 10.0 Å². The van der Waals surface area contributed by atoms with Gasteiger partial charge in [-0.25, -0.2) is 8.42 Å². The molecule has 2 rings (SSSR count). The summed E-state index contributed by atoms with van der Waals surface area (Å²) >= 11 is 1.49. The zero-order chi connectivity index (χ0) is 17.6. The molecule has 0 saturated carbocycles. The molecule has 0 bridgehead atoms. The largest absolute Gasteiger partial charge is 0.355 e. The molecule has 2 aromatic carbocycles. The molecule has 5 nitrogen and oxygen atoms in total. The first-order valence-electron chi connectivity index (χ1n) is 7.15. The maximum Gasteiger partial charge on any atom is 0.261 e. The Morgan fingerprint density at radius 2 is 1.83 bits per heavy atom. The topological polar surface area (TPSA) is 75.3 Å².